The van der Waals surface area contributed by atoms with Crippen molar-refractivity contribution in [3.63, 3.8) is 0 Å². The molecule has 1 rings (SSSR count). The number of ether oxygens (including phenoxy) is 1. The number of cyclic esters (lactones) is 1. The molecule has 0 atom stereocenters. The normalized spacial score (nSPS) is 20.3. The van der Waals surface area contributed by atoms with Crippen LogP contribution in [0.4, 0.5) is 0 Å². The van der Waals surface area contributed by atoms with E-state index in [0.29, 0.717) is 5.76 Å². The molecule has 2 radical (unpaired) electrons. The Morgan fingerprint density at radius 2 is 2.45 bits per heavy atom. The largest absolute Gasteiger partial charge is 0.424 e. The van der Waals surface area contributed by atoms with Crippen molar-refractivity contribution in [2.24, 2.45) is 0 Å². The number of rotatable bonds is 2. The lowest BCUT2D eigenvalue weighted by molar-refractivity contribution is -0.132. The summed E-state index contributed by atoms with van der Waals surface area (Å²) in [6.45, 7) is 2.04. The fourth-order valence-electron chi connectivity index (χ4n) is 1.02. The van der Waals surface area contributed by atoms with E-state index >= 15 is 0 Å². The molecule has 0 aromatic rings. The van der Waals surface area contributed by atoms with Gasteiger partial charge >= 0.3 is 5.97 Å². The zero-order valence-electron chi connectivity index (χ0n) is 6.46. The predicted octanol–water partition coefficient (Wildman–Crippen LogP) is 1.28. The molecule has 0 spiro atoms. The Labute approximate surface area is 67.3 Å². The molecule has 0 N–H and O–H groups in total. The minimum Gasteiger partial charge on any atom is -0.424 e. The van der Waals surface area contributed by atoms with Crippen molar-refractivity contribution in [3.8, 4) is 0 Å². The fourth-order valence-corrected chi connectivity index (χ4v) is 1.02. The van der Waals surface area contributed by atoms with Crippen LogP contribution in [0.5, 0.6) is 0 Å². The summed E-state index contributed by atoms with van der Waals surface area (Å²) in [6, 6.07) is 0. The van der Waals surface area contributed by atoms with Crippen LogP contribution in [-0.4, -0.2) is 13.8 Å². The smallest absolute Gasteiger partial charge is 0.336 e. The van der Waals surface area contributed by atoms with Crippen molar-refractivity contribution in [1.82, 2.24) is 0 Å². The van der Waals surface area contributed by atoms with Crippen molar-refractivity contribution in [2.45, 2.75) is 19.8 Å². The van der Waals surface area contributed by atoms with Crippen molar-refractivity contribution in [1.29, 1.82) is 0 Å². The minimum atomic E-state index is -0.315. The summed E-state index contributed by atoms with van der Waals surface area (Å²) < 4.78 is 4.78. The van der Waals surface area contributed by atoms with Gasteiger partial charge in [0.2, 0.25) is 0 Å². The van der Waals surface area contributed by atoms with E-state index in [4.69, 9.17) is 12.6 Å². The molecule has 56 valence electrons. The molecule has 0 aliphatic carbocycles. The van der Waals surface area contributed by atoms with Gasteiger partial charge in [0, 0.05) is 11.6 Å². The molecule has 0 unspecified atom stereocenters. The monoisotopic (exact) mass is 148 g/mol. The van der Waals surface area contributed by atoms with Gasteiger partial charge in [-0.2, -0.15) is 0 Å². The van der Waals surface area contributed by atoms with Crippen molar-refractivity contribution in [2.75, 3.05) is 0 Å². The zero-order valence-corrected chi connectivity index (χ0v) is 6.46. The van der Waals surface area contributed by atoms with Gasteiger partial charge in [0.05, 0.1) is 0 Å². The van der Waals surface area contributed by atoms with E-state index in [0.717, 1.165) is 18.4 Å². The quantitative estimate of drug-likeness (QED) is 0.435. The van der Waals surface area contributed by atoms with Crippen molar-refractivity contribution in [3.05, 3.63) is 23.4 Å². The third-order valence-electron chi connectivity index (χ3n) is 1.49. The third-order valence-corrected chi connectivity index (χ3v) is 1.49. The highest BCUT2D eigenvalue weighted by atomic mass is 16.5. The van der Waals surface area contributed by atoms with Crippen LogP contribution in [-0.2, 0) is 9.53 Å². The molecule has 1 heterocycles. The maximum Gasteiger partial charge on any atom is 0.336 e. The highest BCUT2D eigenvalue weighted by Gasteiger charge is 2.17. The number of carbonyl (C=O) groups is 1. The Morgan fingerprint density at radius 1 is 1.73 bits per heavy atom. The first-order valence-electron chi connectivity index (χ1n) is 3.62. The Balaban J connectivity index is 2.74. The van der Waals surface area contributed by atoms with Crippen LogP contribution in [0.25, 0.3) is 0 Å². The summed E-state index contributed by atoms with van der Waals surface area (Å²) in [7, 11) is 5.24. The second-order valence-electron chi connectivity index (χ2n) is 2.37. The Bertz CT molecular complexity index is 228. The lowest BCUT2D eigenvalue weighted by atomic mass is 10.0. The maximum absolute atomic E-state index is 10.7. The van der Waals surface area contributed by atoms with Gasteiger partial charge in [-0.3, -0.25) is 0 Å². The molecular formula is C8H9BO2. The highest BCUT2D eigenvalue weighted by molar-refractivity contribution is 6.18. The number of carbonyl (C=O) groups excluding carboxylic acids is 1. The highest BCUT2D eigenvalue weighted by Crippen LogP contribution is 2.22. The summed E-state index contributed by atoms with van der Waals surface area (Å²) in [5.74, 6) is 1.52. The van der Waals surface area contributed by atoms with E-state index in [-0.39, 0.29) is 5.97 Å². The second-order valence-corrected chi connectivity index (χ2v) is 2.37. The molecule has 1 aliphatic heterocycles. The third kappa shape index (κ3) is 1.73. The summed E-state index contributed by atoms with van der Waals surface area (Å²) in [5.41, 5.74) is 0.903. The molecule has 1 aliphatic rings. The Kier molecular flexibility index (Phi) is 2.52. The molecule has 0 saturated heterocycles. The average molecular weight is 148 g/mol. The lowest BCUT2D eigenvalue weighted by Crippen LogP contribution is -1.91. The first-order valence-corrected chi connectivity index (χ1v) is 3.62. The standard InChI is InChI=1S/C8H9BO2/c1-2-3-6-4-8(10)11-7(6)5-9/h4-5H,2-3H2,1H3/b7-5-. The zero-order chi connectivity index (χ0) is 8.27. The molecule has 0 saturated carbocycles. The van der Waals surface area contributed by atoms with E-state index in [2.05, 4.69) is 0 Å². The summed E-state index contributed by atoms with van der Waals surface area (Å²) in [4.78, 5) is 10.7. The molecule has 0 aromatic carbocycles. The topological polar surface area (TPSA) is 26.3 Å². The molecule has 0 amide bonds. The summed E-state index contributed by atoms with van der Waals surface area (Å²) in [6.07, 6.45) is 3.32. The molecule has 0 fully saturated rings. The maximum atomic E-state index is 10.7. The van der Waals surface area contributed by atoms with E-state index < -0.39 is 0 Å². The molecule has 0 aromatic heterocycles. The van der Waals surface area contributed by atoms with Gasteiger partial charge in [-0.1, -0.05) is 19.3 Å². The van der Waals surface area contributed by atoms with Crippen molar-refractivity contribution >= 4 is 13.8 Å². The SMILES string of the molecule is [B]/C=C1\OC(=O)C=C1CCC. The van der Waals surface area contributed by atoms with Gasteiger partial charge in [0.25, 0.3) is 0 Å². The number of esters is 1. The van der Waals surface area contributed by atoms with Crippen LogP contribution < -0.4 is 0 Å². The van der Waals surface area contributed by atoms with Crippen LogP contribution in [0, 0.1) is 0 Å². The van der Waals surface area contributed by atoms with Crippen molar-refractivity contribution < 1.29 is 9.53 Å². The summed E-state index contributed by atoms with van der Waals surface area (Å²) >= 11 is 0. The first-order chi connectivity index (χ1) is 5.27. The predicted molar refractivity (Wildman–Crippen MR) is 42.9 cm³/mol. The first kappa shape index (κ1) is 8.11. The van der Waals surface area contributed by atoms with Crippen LogP contribution in [0.1, 0.15) is 19.8 Å². The van der Waals surface area contributed by atoms with E-state index in [9.17, 15) is 4.79 Å². The van der Waals surface area contributed by atoms with Gasteiger partial charge in [-0.25, -0.2) is 4.79 Å². The number of hydrogen-bond acceptors (Lipinski definition) is 2. The van der Waals surface area contributed by atoms with E-state index in [1.165, 1.54) is 12.1 Å². The molecular weight excluding hydrogens is 139 g/mol. The number of allylic oxidation sites excluding steroid dienone is 1. The molecule has 2 nitrogen and oxygen atoms in total. The van der Waals surface area contributed by atoms with E-state index in [1.807, 2.05) is 6.92 Å². The fraction of sp³-hybridized carbons (Fsp3) is 0.375. The molecule has 3 heteroatoms. The van der Waals surface area contributed by atoms with Gasteiger partial charge in [0.15, 0.2) is 0 Å². The Hall–Kier alpha value is -0.985. The van der Waals surface area contributed by atoms with Crippen LogP contribution in [0.15, 0.2) is 23.4 Å². The minimum absolute atomic E-state index is 0.315. The lowest BCUT2D eigenvalue weighted by Gasteiger charge is -2.00. The second kappa shape index (κ2) is 3.42. The van der Waals surface area contributed by atoms with Crippen LogP contribution in [0.2, 0.25) is 0 Å². The molecule has 0 bridgehead atoms. The van der Waals surface area contributed by atoms with Gasteiger partial charge in [-0.05, 0) is 6.42 Å². The molecule has 11 heavy (non-hydrogen) atoms. The van der Waals surface area contributed by atoms with Gasteiger partial charge in [-0.15, -0.1) is 0 Å². The van der Waals surface area contributed by atoms with Gasteiger partial charge < -0.3 is 4.74 Å². The van der Waals surface area contributed by atoms with Crippen LogP contribution >= 0.6 is 0 Å². The number of hydrogen-bond donors (Lipinski definition) is 0. The Morgan fingerprint density at radius 3 is 3.00 bits per heavy atom. The van der Waals surface area contributed by atoms with E-state index in [1.54, 1.807) is 0 Å². The van der Waals surface area contributed by atoms with Crippen LogP contribution in [0.3, 0.4) is 0 Å². The summed E-state index contributed by atoms with van der Waals surface area (Å²) in [5, 5.41) is 0. The van der Waals surface area contributed by atoms with Gasteiger partial charge in [0.1, 0.15) is 13.6 Å². The average Bonchev–Trinajstić information content (AvgIpc) is 2.32.